The van der Waals surface area contributed by atoms with E-state index < -0.39 is 0 Å². The van der Waals surface area contributed by atoms with E-state index in [4.69, 9.17) is 4.74 Å². The molecule has 1 aliphatic rings. The first-order chi connectivity index (χ1) is 10.2. The third kappa shape index (κ3) is 3.53. The molecule has 5 heteroatoms. The minimum Gasteiger partial charge on any atom is -0.477 e. The van der Waals surface area contributed by atoms with Gasteiger partial charge >= 0.3 is 0 Å². The Bertz CT molecular complexity index is 591. The number of hydrogen-bond donors (Lipinski definition) is 0. The van der Waals surface area contributed by atoms with Crippen molar-refractivity contribution in [2.45, 2.75) is 26.7 Å². The lowest BCUT2D eigenvalue weighted by atomic mass is 9.98. The maximum atomic E-state index is 5.88. The number of anilines is 1. The third-order valence-corrected chi connectivity index (χ3v) is 4.88. The molecular formula is C16H21N3OS. The lowest BCUT2D eigenvalue weighted by Crippen LogP contribution is -2.35. The van der Waals surface area contributed by atoms with Crippen LogP contribution in [0.15, 0.2) is 24.5 Å². The monoisotopic (exact) mass is 303 g/mol. The maximum Gasteiger partial charge on any atom is 0.216 e. The highest BCUT2D eigenvalue weighted by Crippen LogP contribution is 2.27. The van der Waals surface area contributed by atoms with Gasteiger partial charge < -0.3 is 9.64 Å². The quantitative estimate of drug-likeness (QED) is 0.867. The number of nitrogens with zero attached hydrogens (tertiary/aromatic N) is 3. The van der Waals surface area contributed by atoms with Crippen molar-refractivity contribution >= 4 is 16.5 Å². The number of piperidine rings is 1. The smallest absolute Gasteiger partial charge is 0.216 e. The highest BCUT2D eigenvalue weighted by molar-refractivity contribution is 7.15. The molecule has 0 unspecified atom stereocenters. The van der Waals surface area contributed by atoms with E-state index in [0.29, 0.717) is 5.92 Å². The predicted molar refractivity (Wildman–Crippen MR) is 86.3 cm³/mol. The van der Waals surface area contributed by atoms with Crippen molar-refractivity contribution in [1.29, 1.82) is 0 Å². The molecule has 0 bridgehead atoms. The Hall–Kier alpha value is -1.62. The second kappa shape index (κ2) is 6.43. The highest BCUT2D eigenvalue weighted by atomic mass is 32.1. The number of thiazole rings is 1. The van der Waals surface area contributed by atoms with Crippen molar-refractivity contribution in [2.24, 2.45) is 5.92 Å². The van der Waals surface area contributed by atoms with Gasteiger partial charge in [0.05, 0.1) is 6.61 Å². The zero-order valence-electron chi connectivity index (χ0n) is 12.6. The Balaban J connectivity index is 1.49. The fourth-order valence-electron chi connectivity index (χ4n) is 2.60. The van der Waals surface area contributed by atoms with Crippen molar-refractivity contribution in [2.75, 3.05) is 24.6 Å². The molecule has 0 amide bonds. The fraction of sp³-hybridized carbons (Fsp3) is 0.500. The molecule has 0 aliphatic carbocycles. The van der Waals surface area contributed by atoms with Crippen LogP contribution in [0.25, 0.3) is 0 Å². The van der Waals surface area contributed by atoms with Crippen molar-refractivity contribution in [1.82, 2.24) is 9.97 Å². The lowest BCUT2D eigenvalue weighted by molar-refractivity contribution is 0.215. The van der Waals surface area contributed by atoms with E-state index >= 15 is 0 Å². The maximum absolute atomic E-state index is 5.88. The van der Waals surface area contributed by atoms with Gasteiger partial charge in [0.15, 0.2) is 5.13 Å². The van der Waals surface area contributed by atoms with Gasteiger partial charge in [-0.2, -0.15) is 0 Å². The molecule has 0 N–H and O–H groups in total. The summed E-state index contributed by atoms with van der Waals surface area (Å²) in [5.74, 6) is 1.39. The van der Waals surface area contributed by atoms with Crippen molar-refractivity contribution in [3.63, 3.8) is 0 Å². The van der Waals surface area contributed by atoms with Gasteiger partial charge in [0, 0.05) is 35.9 Å². The summed E-state index contributed by atoms with van der Waals surface area (Å²) >= 11 is 1.78. The molecule has 3 heterocycles. The molecule has 3 rings (SSSR count). The van der Waals surface area contributed by atoms with E-state index in [1.54, 1.807) is 17.5 Å². The van der Waals surface area contributed by atoms with Gasteiger partial charge in [-0.1, -0.05) is 6.07 Å². The van der Waals surface area contributed by atoms with Crippen molar-refractivity contribution < 1.29 is 4.74 Å². The molecule has 21 heavy (non-hydrogen) atoms. The molecule has 0 atom stereocenters. The van der Waals surface area contributed by atoms with E-state index in [-0.39, 0.29) is 0 Å². The molecule has 4 nitrogen and oxygen atoms in total. The van der Waals surface area contributed by atoms with E-state index in [0.717, 1.165) is 49.1 Å². The van der Waals surface area contributed by atoms with E-state index in [9.17, 15) is 0 Å². The van der Waals surface area contributed by atoms with Crippen LogP contribution in [0.4, 0.5) is 5.13 Å². The average molecular weight is 303 g/mol. The number of aromatic nitrogens is 2. The van der Waals surface area contributed by atoms with Gasteiger partial charge in [0.2, 0.25) is 5.88 Å². The normalized spacial score (nSPS) is 16.2. The summed E-state index contributed by atoms with van der Waals surface area (Å²) in [4.78, 5) is 12.4. The van der Waals surface area contributed by atoms with Crippen LogP contribution in [-0.2, 0) is 0 Å². The summed E-state index contributed by atoms with van der Waals surface area (Å²) in [6.45, 7) is 7.06. The molecule has 1 aliphatic heterocycles. The fourth-order valence-corrected chi connectivity index (χ4v) is 3.41. The minimum absolute atomic E-state index is 0.615. The summed E-state index contributed by atoms with van der Waals surface area (Å²) in [7, 11) is 0. The van der Waals surface area contributed by atoms with Crippen LogP contribution in [0.1, 0.15) is 23.3 Å². The largest absolute Gasteiger partial charge is 0.477 e. The van der Waals surface area contributed by atoms with E-state index in [2.05, 4.69) is 21.8 Å². The van der Waals surface area contributed by atoms with Crippen LogP contribution in [0.3, 0.4) is 0 Å². The average Bonchev–Trinajstić information content (AvgIpc) is 2.94. The summed E-state index contributed by atoms with van der Waals surface area (Å²) in [5, 5.41) is 1.16. The second-order valence-corrected chi connectivity index (χ2v) is 6.83. The number of pyridine rings is 1. The molecule has 0 spiro atoms. The molecule has 2 aromatic heterocycles. The van der Waals surface area contributed by atoms with Crippen LogP contribution < -0.4 is 9.64 Å². The van der Waals surface area contributed by atoms with Crippen LogP contribution >= 0.6 is 11.3 Å². The topological polar surface area (TPSA) is 38.2 Å². The summed E-state index contributed by atoms with van der Waals surface area (Å²) in [6, 6.07) is 3.98. The first kappa shape index (κ1) is 14.3. The standard InChI is InChI=1S/C16H21N3OS/c1-12-4-3-7-17-15(12)20-11-14-5-8-19(9-6-14)16-18-10-13(2)21-16/h3-4,7,10,14H,5-6,8-9,11H2,1-2H3. The van der Waals surface area contributed by atoms with Crippen LogP contribution in [0.2, 0.25) is 0 Å². The zero-order valence-corrected chi connectivity index (χ0v) is 13.4. The first-order valence-corrected chi connectivity index (χ1v) is 8.26. The van der Waals surface area contributed by atoms with E-state index in [1.807, 2.05) is 25.3 Å². The van der Waals surface area contributed by atoms with Crippen LogP contribution in [0, 0.1) is 19.8 Å². The summed E-state index contributed by atoms with van der Waals surface area (Å²) in [5.41, 5.74) is 1.10. The summed E-state index contributed by atoms with van der Waals surface area (Å²) < 4.78 is 5.88. The Kier molecular flexibility index (Phi) is 4.39. The van der Waals surface area contributed by atoms with E-state index in [1.165, 1.54) is 4.88 Å². The number of ether oxygens (including phenoxy) is 1. The lowest BCUT2D eigenvalue weighted by Gasteiger charge is -2.31. The van der Waals surface area contributed by atoms with Gasteiger partial charge in [0.1, 0.15) is 0 Å². The van der Waals surface area contributed by atoms with Crippen molar-refractivity contribution in [3.05, 3.63) is 35.0 Å². The van der Waals surface area contributed by atoms with Gasteiger partial charge in [-0.15, -0.1) is 11.3 Å². The number of hydrogen-bond acceptors (Lipinski definition) is 5. The zero-order chi connectivity index (χ0) is 14.7. The Morgan fingerprint density at radius 3 is 2.76 bits per heavy atom. The molecule has 112 valence electrons. The SMILES string of the molecule is Cc1cnc(N2CCC(COc3ncccc3C)CC2)s1. The molecule has 0 saturated carbocycles. The van der Waals surface area contributed by atoms with Gasteiger partial charge in [-0.05, 0) is 38.7 Å². The van der Waals surface area contributed by atoms with Crippen LogP contribution in [0.5, 0.6) is 5.88 Å². The van der Waals surface area contributed by atoms with Crippen molar-refractivity contribution in [3.8, 4) is 5.88 Å². The molecule has 0 radical (unpaired) electrons. The van der Waals surface area contributed by atoms with Crippen LogP contribution in [-0.4, -0.2) is 29.7 Å². The molecule has 0 aromatic carbocycles. The third-order valence-electron chi connectivity index (χ3n) is 3.91. The van der Waals surface area contributed by atoms with Gasteiger partial charge in [-0.25, -0.2) is 9.97 Å². The summed E-state index contributed by atoms with van der Waals surface area (Å²) in [6.07, 6.45) is 6.06. The molecular weight excluding hydrogens is 282 g/mol. The Labute approximate surface area is 129 Å². The molecule has 2 aromatic rings. The second-order valence-electron chi connectivity index (χ2n) is 5.62. The van der Waals surface area contributed by atoms with Gasteiger partial charge in [0.25, 0.3) is 0 Å². The number of aryl methyl sites for hydroxylation is 2. The Morgan fingerprint density at radius 2 is 2.10 bits per heavy atom. The predicted octanol–water partition coefficient (Wildman–Crippen LogP) is 3.45. The first-order valence-electron chi connectivity index (χ1n) is 7.44. The Morgan fingerprint density at radius 1 is 1.29 bits per heavy atom. The number of rotatable bonds is 4. The minimum atomic E-state index is 0.615. The molecule has 1 saturated heterocycles. The molecule has 1 fully saturated rings. The van der Waals surface area contributed by atoms with Gasteiger partial charge in [-0.3, -0.25) is 0 Å². The highest BCUT2D eigenvalue weighted by Gasteiger charge is 2.21.